The quantitative estimate of drug-likeness (QED) is 0.686. The maximum absolute atomic E-state index is 13.8. The summed E-state index contributed by atoms with van der Waals surface area (Å²) in [6.45, 7) is 0. The van der Waals surface area contributed by atoms with Gasteiger partial charge >= 0.3 is 5.97 Å². The lowest BCUT2D eigenvalue weighted by Crippen LogP contribution is -2.73. The highest BCUT2D eigenvalue weighted by atomic mass is 16.7. The Kier molecular flexibility index (Phi) is 1.64. The van der Waals surface area contributed by atoms with Gasteiger partial charge in [-0.1, -0.05) is 0 Å². The van der Waals surface area contributed by atoms with Gasteiger partial charge in [0, 0.05) is 18.9 Å². The van der Waals surface area contributed by atoms with Crippen molar-refractivity contribution in [3.63, 3.8) is 0 Å². The summed E-state index contributed by atoms with van der Waals surface area (Å²) in [6.07, 6.45) is 5.40. The van der Waals surface area contributed by atoms with E-state index < -0.39 is 11.2 Å². The van der Waals surface area contributed by atoms with Gasteiger partial charge in [-0.25, -0.2) is 0 Å². The van der Waals surface area contributed by atoms with E-state index in [1.807, 2.05) is 7.11 Å². The molecule has 2 aliphatic heterocycles. The van der Waals surface area contributed by atoms with Crippen molar-refractivity contribution < 1.29 is 19.0 Å². The molecule has 132 valence electrons. The zero-order valence-corrected chi connectivity index (χ0v) is 14.5. The first-order chi connectivity index (χ1) is 12.3. The number of esters is 1. The highest BCUT2D eigenvalue weighted by Crippen LogP contribution is 2.93. The number of hydrogen-bond acceptors (Lipinski definition) is 4. The van der Waals surface area contributed by atoms with Crippen molar-refractivity contribution in [3.8, 4) is 0 Å². The average Bonchev–Trinajstić information content (AvgIpc) is 3.34. The first-order valence-corrected chi connectivity index (χ1v) is 10.7. The number of carbonyl (C=O) groups is 1. The van der Waals surface area contributed by atoms with Crippen LogP contribution in [-0.2, 0) is 19.0 Å². The Hall–Kier alpha value is -0.610. The van der Waals surface area contributed by atoms with Gasteiger partial charge in [-0.3, -0.25) is 4.79 Å². The summed E-state index contributed by atoms with van der Waals surface area (Å²) in [5.74, 6) is 6.89. The minimum Gasteiger partial charge on any atom is -0.461 e. The second-order valence-electron chi connectivity index (χ2n) is 10.9. The summed E-state index contributed by atoms with van der Waals surface area (Å²) in [5.41, 5.74) is -0.455. The number of rotatable bonds is 1. The van der Waals surface area contributed by atoms with E-state index in [-0.39, 0.29) is 12.1 Å². The van der Waals surface area contributed by atoms with Crippen LogP contribution in [0.3, 0.4) is 0 Å². The van der Waals surface area contributed by atoms with Crippen LogP contribution in [0.1, 0.15) is 25.7 Å². The maximum Gasteiger partial charge on any atom is 0.318 e. The second-order valence-corrected chi connectivity index (χ2v) is 10.9. The summed E-state index contributed by atoms with van der Waals surface area (Å²) in [7, 11) is 1.84. The van der Waals surface area contributed by atoms with Gasteiger partial charge in [0.1, 0.15) is 11.5 Å². The van der Waals surface area contributed by atoms with Crippen LogP contribution in [0.4, 0.5) is 0 Å². The van der Waals surface area contributed by atoms with Crippen LogP contribution < -0.4 is 0 Å². The molecule has 25 heavy (non-hydrogen) atoms. The maximum atomic E-state index is 13.8. The molecule has 8 saturated carbocycles. The van der Waals surface area contributed by atoms with Crippen molar-refractivity contribution in [2.24, 2.45) is 70.5 Å². The normalized spacial score (nSPS) is 79.1. The molecule has 15 atom stereocenters. The molecule has 0 aromatic rings. The lowest BCUT2D eigenvalue weighted by atomic mass is 9.52. The Morgan fingerprint density at radius 3 is 2.48 bits per heavy atom. The third-order valence-electron chi connectivity index (χ3n) is 11.5. The summed E-state index contributed by atoms with van der Waals surface area (Å²) < 4.78 is 19.6. The highest BCUT2D eigenvalue weighted by molar-refractivity contribution is 5.83. The molecule has 9 bridgehead atoms. The van der Waals surface area contributed by atoms with Gasteiger partial charge < -0.3 is 14.2 Å². The van der Waals surface area contributed by atoms with Crippen molar-refractivity contribution in [2.75, 3.05) is 7.11 Å². The highest BCUT2D eigenvalue weighted by Gasteiger charge is 2.98. The molecule has 0 aromatic carbocycles. The van der Waals surface area contributed by atoms with Gasteiger partial charge in [-0.2, -0.15) is 0 Å². The molecule has 2 heterocycles. The molecule has 10 aliphatic rings. The van der Waals surface area contributed by atoms with Gasteiger partial charge in [-0.05, 0) is 78.9 Å². The molecule has 4 nitrogen and oxygen atoms in total. The van der Waals surface area contributed by atoms with Crippen molar-refractivity contribution in [3.05, 3.63) is 0 Å². The first kappa shape index (κ1) is 12.7. The number of ether oxygens (including phenoxy) is 3. The van der Waals surface area contributed by atoms with Gasteiger partial charge in [0.15, 0.2) is 5.79 Å². The molecule has 10 rings (SSSR count). The van der Waals surface area contributed by atoms with E-state index in [1.54, 1.807) is 0 Å². The first-order valence-electron chi connectivity index (χ1n) is 10.7. The van der Waals surface area contributed by atoms with E-state index in [1.165, 1.54) is 19.3 Å². The molecule has 0 amide bonds. The minimum atomic E-state index is -0.649. The van der Waals surface area contributed by atoms with E-state index in [0.29, 0.717) is 35.7 Å². The molecule has 2 saturated heterocycles. The van der Waals surface area contributed by atoms with E-state index in [0.717, 1.165) is 41.9 Å². The van der Waals surface area contributed by atoms with E-state index in [4.69, 9.17) is 14.2 Å². The zero-order chi connectivity index (χ0) is 16.0. The largest absolute Gasteiger partial charge is 0.461 e. The zero-order valence-electron chi connectivity index (χ0n) is 14.5. The van der Waals surface area contributed by atoms with Crippen molar-refractivity contribution in [2.45, 2.75) is 43.7 Å². The minimum absolute atomic E-state index is 0.0933. The number of methoxy groups -OCH3 is 1. The summed E-state index contributed by atoms with van der Waals surface area (Å²) in [4.78, 5) is 13.8. The Bertz CT molecular complexity index is 780. The van der Waals surface area contributed by atoms with Crippen LogP contribution in [0.5, 0.6) is 0 Å². The second kappa shape index (κ2) is 3.22. The fourth-order valence-corrected chi connectivity index (χ4v) is 12.1. The SMILES string of the molecule is CO[C@@]12O[C@H]3CC[C@H]4[C@H]3[C@H]3[C@H]5[C@@H]6[C@@H]([C@@H]7CC[C@H]8OC(=O)[C@@]1([C@@H]6[C@H]78)[C@@H]45)[C@@H]32. The average molecular weight is 340 g/mol. The van der Waals surface area contributed by atoms with E-state index in [9.17, 15) is 4.79 Å². The van der Waals surface area contributed by atoms with Gasteiger partial charge in [0.05, 0.1) is 6.10 Å². The fraction of sp³-hybridized carbons (Fsp3) is 0.952. The van der Waals surface area contributed by atoms with Gasteiger partial charge in [0.25, 0.3) is 0 Å². The Morgan fingerprint density at radius 1 is 0.840 bits per heavy atom. The number of carbonyl (C=O) groups excluding carboxylic acids is 1. The third kappa shape index (κ3) is 0.818. The standard InChI is InChI=1S/C21H24O4/c1-23-21-18-12-6-2-4-8-11(6)17-14(12)15-13(18)10-7(3-5-9(10)25-21)16(15)20(17,21)19(22)24-8/h6-18H,2-5H2,1H3/t6-,7+,8-,9+,10-,11-,12-,13+,14+,15+,16+,17-,18+,20+,21+/m1/s1. The van der Waals surface area contributed by atoms with Gasteiger partial charge in [-0.15, -0.1) is 0 Å². The van der Waals surface area contributed by atoms with Crippen LogP contribution >= 0.6 is 0 Å². The monoisotopic (exact) mass is 340 g/mol. The fourth-order valence-electron chi connectivity index (χ4n) is 12.1. The number of hydrogen-bond donors (Lipinski definition) is 0. The lowest BCUT2D eigenvalue weighted by molar-refractivity contribution is -0.389. The van der Waals surface area contributed by atoms with Crippen molar-refractivity contribution >= 4 is 5.97 Å². The molecule has 1 spiro atoms. The Balaban J connectivity index is 1.45. The lowest BCUT2D eigenvalue weighted by Gasteiger charge is -2.62. The van der Waals surface area contributed by atoms with E-state index >= 15 is 0 Å². The summed E-state index contributed by atoms with van der Waals surface area (Å²) in [5, 5.41) is 0. The van der Waals surface area contributed by atoms with Crippen molar-refractivity contribution in [1.82, 2.24) is 0 Å². The van der Waals surface area contributed by atoms with Crippen LogP contribution in [-0.4, -0.2) is 31.1 Å². The predicted octanol–water partition coefficient (Wildman–Crippen LogP) is 2.07. The smallest absolute Gasteiger partial charge is 0.318 e. The van der Waals surface area contributed by atoms with Crippen molar-refractivity contribution in [1.29, 1.82) is 0 Å². The molecule has 8 aliphatic carbocycles. The van der Waals surface area contributed by atoms with Gasteiger partial charge in [0.2, 0.25) is 0 Å². The molecule has 10 fully saturated rings. The van der Waals surface area contributed by atoms with Crippen LogP contribution in [0.15, 0.2) is 0 Å². The van der Waals surface area contributed by atoms with E-state index in [2.05, 4.69) is 0 Å². The molecule has 0 aromatic heterocycles. The molecular weight excluding hydrogens is 316 g/mol. The Labute approximate surface area is 146 Å². The molecule has 4 heteroatoms. The summed E-state index contributed by atoms with van der Waals surface area (Å²) in [6, 6.07) is 0. The molecular formula is C21H24O4. The van der Waals surface area contributed by atoms with Crippen LogP contribution in [0.25, 0.3) is 0 Å². The molecule has 0 radical (unpaired) electrons. The predicted molar refractivity (Wildman–Crippen MR) is 83.8 cm³/mol. The third-order valence-corrected chi connectivity index (χ3v) is 11.5. The summed E-state index contributed by atoms with van der Waals surface area (Å²) >= 11 is 0. The Morgan fingerprint density at radius 2 is 1.60 bits per heavy atom. The van der Waals surface area contributed by atoms with Crippen LogP contribution in [0, 0.1) is 70.5 Å². The molecule has 0 unspecified atom stereocenters. The van der Waals surface area contributed by atoms with Crippen LogP contribution in [0.2, 0.25) is 0 Å². The molecule has 0 N–H and O–H groups in total. The topological polar surface area (TPSA) is 44.8 Å².